The molecule has 0 unspecified atom stereocenters. The molecule has 114 valence electrons. The second kappa shape index (κ2) is 6.60. The molecule has 0 fully saturated rings. The minimum atomic E-state index is 0.167. The molecule has 0 bridgehead atoms. The molecule has 1 heterocycles. The molecule has 1 aromatic heterocycles. The molecule has 2 aromatic carbocycles. The van der Waals surface area contributed by atoms with Gasteiger partial charge in [0.05, 0.1) is 11.6 Å². The number of hydrogen-bond donors (Lipinski definition) is 0. The first-order valence-electron chi connectivity index (χ1n) is 7.23. The van der Waals surface area contributed by atoms with Crippen LogP contribution in [0.25, 0.3) is 23.0 Å². The summed E-state index contributed by atoms with van der Waals surface area (Å²) < 4.78 is 5.24. The SMILES string of the molecule is Cc1ccccc1-c1noc(C(C#N)=Cc2ccc(C#N)cc2)n1. The van der Waals surface area contributed by atoms with Gasteiger partial charge in [0.15, 0.2) is 0 Å². The van der Waals surface area contributed by atoms with Crippen molar-refractivity contribution in [3.8, 4) is 23.5 Å². The van der Waals surface area contributed by atoms with Crippen molar-refractivity contribution in [2.24, 2.45) is 0 Å². The minimum Gasteiger partial charge on any atom is -0.333 e. The van der Waals surface area contributed by atoms with Crippen LogP contribution in [0.2, 0.25) is 0 Å². The van der Waals surface area contributed by atoms with Crippen LogP contribution < -0.4 is 0 Å². The van der Waals surface area contributed by atoms with Gasteiger partial charge in [-0.1, -0.05) is 41.6 Å². The van der Waals surface area contributed by atoms with E-state index in [2.05, 4.69) is 22.3 Å². The summed E-state index contributed by atoms with van der Waals surface area (Å²) in [5.41, 5.74) is 3.50. The van der Waals surface area contributed by atoms with Crippen LogP contribution in [0.4, 0.5) is 0 Å². The minimum absolute atomic E-state index is 0.167. The molecule has 0 saturated carbocycles. The smallest absolute Gasteiger partial charge is 0.268 e. The normalized spacial score (nSPS) is 10.9. The van der Waals surface area contributed by atoms with Gasteiger partial charge in [-0.25, -0.2) is 0 Å². The lowest BCUT2D eigenvalue weighted by Gasteiger charge is -1.98. The quantitative estimate of drug-likeness (QED) is 0.683. The van der Waals surface area contributed by atoms with Crippen LogP contribution in [0.5, 0.6) is 0 Å². The molecular weight excluding hydrogens is 300 g/mol. The number of hydrogen-bond acceptors (Lipinski definition) is 5. The number of aromatic nitrogens is 2. The molecule has 0 aliphatic heterocycles. The third kappa shape index (κ3) is 3.06. The summed E-state index contributed by atoms with van der Waals surface area (Å²) in [4.78, 5) is 4.32. The van der Waals surface area contributed by atoms with E-state index in [0.29, 0.717) is 11.4 Å². The highest BCUT2D eigenvalue weighted by Crippen LogP contribution is 2.23. The lowest BCUT2D eigenvalue weighted by molar-refractivity contribution is 0.409. The monoisotopic (exact) mass is 312 g/mol. The Morgan fingerprint density at radius 1 is 1.08 bits per heavy atom. The molecule has 0 N–H and O–H groups in total. The van der Waals surface area contributed by atoms with Gasteiger partial charge in [0.1, 0.15) is 11.6 Å². The zero-order valence-corrected chi connectivity index (χ0v) is 12.9. The lowest BCUT2D eigenvalue weighted by Crippen LogP contribution is -1.86. The molecule has 5 nitrogen and oxygen atoms in total. The first-order chi connectivity index (χ1) is 11.7. The van der Waals surface area contributed by atoms with Crippen molar-refractivity contribution in [2.45, 2.75) is 6.92 Å². The molecule has 24 heavy (non-hydrogen) atoms. The van der Waals surface area contributed by atoms with Crippen LogP contribution in [0.3, 0.4) is 0 Å². The predicted molar refractivity (Wildman–Crippen MR) is 89.1 cm³/mol. The number of rotatable bonds is 3. The van der Waals surface area contributed by atoms with Gasteiger partial charge in [-0.15, -0.1) is 0 Å². The van der Waals surface area contributed by atoms with E-state index in [9.17, 15) is 5.26 Å². The van der Waals surface area contributed by atoms with Crippen molar-refractivity contribution in [1.29, 1.82) is 10.5 Å². The number of benzene rings is 2. The van der Waals surface area contributed by atoms with E-state index in [1.807, 2.05) is 31.2 Å². The molecule has 3 aromatic rings. The predicted octanol–water partition coefficient (Wildman–Crippen LogP) is 3.98. The van der Waals surface area contributed by atoms with Crippen molar-refractivity contribution in [3.05, 3.63) is 71.1 Å². The average Bonchev–Trinajstić information content (AvgIpc) is 3.10. The maximum atomic E-state index is 9.38. The zero-order valence-electron chi connectivity index (χ0n) is 12.9. The number of nitriles is 2. The maximum absolute atomic E-state index is 9.38. The molecule has 0 atom stereocenters. The van der Waals surface area contributed by atoms with Gasteiger partial charge in [-0.2, -0.15) is 15.5 Å². The number of aryl methyl sites for hydroxylation is 1. The fourth-order valence-corrected chi connectivity index (χ4v) is 2.23. The number of nitrogens with zero attached hydrogens (tertiary/aromatic N) is 4. The topological polar surface area (TPSA) is 86.5 Å². The molecule has 5 heteroatoms. The van der Waals surface area contributed by atoms with Gasteiger partial charge in [0.25, 0.3) is 5.89 Å². The van der Waals surface area contributed by atoms with Crippen LogP contribution in [0, 0.1) is 29.6 Å². The molecule has 0 amide bonds. The molecule has 0 aliphatic carbocycles. The summed E-state index contributed by atoms with van der Waals surface area (Å²) >= 11 is 0. The third-order valence-corrected chi connectivity index (χ3v) is 3.51. The highest BCUT2D eigenvalue weighted by molar-refractivity contribution is 5.86. The van der Waals surface area contributed by atoms with Crippen molar-refractivity contribution < 1.29 is 4.52 Å². The second-order valence-electron chi connectivity index (χ2n) is 5.14. The summed E-state index contributed by atoms with van der Waals surface area (Å²) in [6, 6.07) is 18.7. The standard InChI is InChI=1S/C19H12N4O/c1-13-4-2-3-5-17(13)18-22-19(24-23-18)16(12-21)10-14-6-8-15(11-20)9-7-14/h2-10H,1H3. The van der Waals surface area contributed by atoms with Crippen LogP contribution in [0.15, 0.2) is 53.1 Å². The Hall–Kier alpha value is -3.70. The van der Waals surface area contributed by atoms with Gasteiger partial charge in [0.2, 0.25) is 5.82 Å². The summed E-state index contributed by atoms with van der Waals surface area (Å²) in [6.07, 6.45) is 1.65. The van der Waals surface area contributed by atoms with Gasteiger partial charge in [0, 0.05) is 5.56 Å². The van der Waals surface area contributed by atoms with Crippen LogP contribution in [-0.4, -0.2) is 10.1 Å². The molecule has 0 radical (unpaired) electrons. The van der Waals surface area contributed by atoms with Gasteiger partial charge in [-0.3, -0.25) is 0 Å². The Bertz CT molecular complexity index is 985. The van der Waals surface area contributed by atoms with E-state index in [4.69, 9.17) is 9.78 Å². The highest BCUT2D eigenvalue weighted by Gasteiger charge is 2.14. The van der Waals surface area contributed by atoms with E-state index in [-0.39, 0.29) is 11.5 Å². The first kappa shape index (κ1) is 15.2. The van der Waals surface area contributed by atoms with Crippen LogP contribution in [-0.2, 0) is 0 Å². The van der Waals surface area contributed by atoms with Crippen molar-refractivity contribution in [1.82, 2.24) is 10.1 Å². The molecule has 0 spiro atoms. The average molecular weight is 312 g/mol. The molecule has 0 aliphatic rings. The van der Waals surface area contributed by atoms with Crippen molar-refractivity contribution in [2.75, 3.05) is 0 Å². The van der Waals surface area contributed by atoms with E-state index in [1.165, 1.54) is 0 Å². The largest absolute Gasteiger partial charge is 0.333 e. The van der Waals surface area contributed by atoms with Crippen LogP contribution in [0.1, 0.15) is 22.6 Å². The van der Waals surface area contributed by atoms with Crippen molar-refractivity contribution >= 4 is 11.6 Å². The zero-order chi connectivity index (χ0) is 16.9. The summed E-state index contributed by atoms with van der Waals surface area (Å²) in [5.74, 6) is 0.615. The molecule has 3 rings (SSSR count). The Morgan fingerprint density at radius 3 is 2.50 bits per heavy atom. The highest BCUT2D eigenvalue weighted by atomic mass is 16.5. The third-order valence-electron chi connectivity index (χ3n) is 3.51. The second-order valence-corrected chi connectivity index (χ2v) is 5.14. The van der Waals surface area contributed by atoms with E-state index >= 15 is 0 Å². The molecular formula is C19H12N4O. The Balaban J connectivity index is 1.95. The summed E-state index contributed by atoms with van der Waals surface area (Å²) in [7, 11) is 0. The van der Waals surface area contributed by atoms with Crippen molar-refractivity contribution in [3.63, 3.8) is 0 Å². The van der Waals surface area contributed by atoms with Crippen LogP contribution >= 0.6 is 0 Å². The Labute approximate surface area is 139 Å². The van der Waals surface area contributed by atoms with E-state index in [0.717, 1.165) is 16.7 Å². The lowest BCUT2D eigenvalue weighted by atomic mass is 10.1. The van der Waals surface area contributed by atoms with Gasteiger partial charge in [-0.05, 0) is 36.3 Å². The fourth-order valence-electron chi connectivity index (χ4n) is 2.23. The fraction of sp³-hybridized carbons (Fsp3) is 0.0526. The summed E-state index contributed by atoms with van der Waals surface area (Å²) in [5, 5.41) is 22.2. The van der Waals surface area contributed by atoms with E-state index < -0.39 is 0 Å². The van der Waals surface area contributed by atoms with Gasteiger partial charge >= 0.3 is 0 Å². The summed E-state index contributed by atoms with van der Waals surface area (Å²) in [6.45, 7) is 1.96. The van der Waals surface area contributed by atoms with E-state index in [1.54, 1.807) is 30.3 Å². The maximum Gasteiger partial charge on any atom is 0.268 e. The first-order valence-corrected chi connectivity index (χ1v) is 7.23. The Kier molecular flexibility index (Phi) is 4.18. The van der Waals surface area contributed by atoms with Gasteiger partial charge < -0.3 is 4.52 Å². The Morgan fingerprint density at radius 2 is 1.83 bits per heavy atom. The molecule has 0 saturated heterocycles. The number of allylic oxidation sites excluding steroid dienone is 1.